The van der Waals surface area contributed by atoms with E-state index in [1.807, 2.05) is 12.1 Å². The largest absolute Gasteiger partial charge is 0.488 e. The normalized spacial score (nSPS) is 16.5. The van der Waals surface area contributed by atoms with Crippen molar-refractivity contribution in [2.75, 3.05) is 11.9 Å². The fourth-order valence-corrected chi connectivity index (χ4v) is 4.59. The Morgan fingerprint density at radius 1 is 1.14 bits per heavy atom. The molecule has 1 unspecified atom stereocenters. The van der Waals surface area contributed by atoms with Crippen molar-refractivity contribution in [2.24, 2.45) is 0 Å². The van der Waals surface area contributed by atoms with Gasteiger partial charge in [0.1, 0.15) is 11.9 Å². The van der Waals surface area contributed by atoms with Gasteiger partial charge in [-0.15, -0.1) is 0 Å². The zero-order valence-corrected chi connectivity index (χ0v) is 16.2. The fraction of sp³-hybridized carbons (Fsp3) is 0.250. The number of hydrogen-bond acceptors (Lipinski definition) is 2. The number of anilines is 1. The van der Waals surface area contributed by atoms with E-state index in [0.29, 0.717) is 0 Å². The van der Waals surface area contributed by atoms with Crippen LogP contribution in [0.4, 0.5) is 5.69 Å². The first kappa shape index (κ1) is 15.4. The fourth-order valence-electron chi connectivity index (χ4n) is 2.49. The highest BCUT2D eigenvalue weighted by Crippen LogP contribution is 2.34. The van der Waals surface area contributed by atoms with Gasteiger partial charge in [-0.2, -0.15) is 0 Å². The zero-order chi connectivity index (χ0) is 15.0. The number of benzene rings is 2. The minimum absolute atomic E-state index is 0.161. The third-order valence-electron chi connectivity index (χ3n) is 3.46. The van der Waals surface area contributed by atoms with Crippen LogP contribution in [0.3, 0.4) is 0 Å². The average molecular weight is 476 g/mol. The SMILES string of the molecule is Cc1cc(Br)c(NCC2Cc3cc(Br)ccc3O2)c(Br)c1. The lowest BCUT2D eigenvalue weighted by atomic mass is 10.1. The van der Waals surface area contributed by atoms with Gasteiger partial charge in [-0.3, -0.25) is 0 Å². The quantitative estimate of drug-likeness (QED) is 0.615. The lowest BCUT2D eigenvalue weighted by Gasteiger charge is -2.15. The molecule has 2 aromatic rings. The highest BCUT2D eigenvalue weighted by molar-refractivity contribution is 9.11. The molecule has 1 aliphatic rings. The molecule has 2 aromatic carbocycles. The summed E-state index contributed by atoms with van der Waals surface area (Å²) in [5.74, 6) is 0.993. The van der Waals surface area contributed by atoms with E-state index in [1.54, 1.807) is 0 Å². The summed E-state index contributed by atoms with van der Waals surface area (Å²) >= 11 is 10.7. The maximum Gasteiger partial charge on any atom is 0.123 e. The number of rotatable bonds is 3. The van der Waals surface area contributed by atoms with Gasteiger partial charge in [-0.25, -0.2) is 0 Å². The maximum atomic E-state index is 5.97. The predicted molar refractivity (Wildman–Crippen MR) is 97.3 cm³/mol. The number of nitrogens with one attached hydrogen (secondary N) is 1. The molecule has 1 N–H and O–H groups in total. The number of halogens is 3. The summed E-state index contributed by atoms with van der Waals surface area (Å²) in [5.41, 5.74) is 3.55. The molecule has 0 spiro atoms. The lowest BCUT2D eigenvalue weighted by molar-refractivity contribution is 0.246. The molecular formula is C16H14Br3NO. The van der Waals surface area contributed by atoms with Crippen LogP contribution >= 0.6 is 47.8 Å². The molecule has 1 atom stereocenters. The van der Waals surface area contributed by atoms with E-state index in [9.17, 15) is 0 Å². The van der Waals surface area contributed by atoms with Gasteiger partial charge in [0.2, 0.25) is 0 Å². The first-order valence-corrected chi connectivity index (χ1v) is 9.05. The van der Waals surface area contributed by atoms with Crippen LogP contribution in [0, 0.1) is 6.92 Å². The predicted octanol–water partition coefficient (Wildman–Crippen LogP) is 5.70. The van der Waals surface area contributed by atoms with Crippen molar-refractivity contribution in [3.05, 3.63) is 54.9 Å². The van der Waals surface area contributed by atoms with Crippen molar-refractivity contribution < 1.29 is 4.74 Å². The molecule has 0 aromatic heterocycles. The molecule has 1 aliphatic heterocycles. The zero-order valence-electron chi connectivity index (χ0n) is 11.4. The molecule has 0 radical (unpaired) electrons. The van der Waals surface area contributed by atoms with E-state index in [1.165, 1.54) is 11.1 Å². The molecule has 21 heavy (non-hydrogen) atoms. The van der Waals surface area contributed by atoms with Gasteiger partial charge in [0.15, 0.2) is 0 Å². The Labute approximate surface area is 149 Å². The van der Waals surface area contributed by atoms with Crippen LogP contribution in [-0.4, -0.2) is 12.6 Å². The average Bonchev–Trinajstić information content (AvgIpc) is 2.79. The highest BCUT2D eigenvalue weighted by Gasteiger charge is 2.23. The van der Waals surface area contributed by atoms with Crippen molar-refractivity contribution in [1.29, 1.82) is 0 Å². The van der Waals surface area contributed by atoms with Crippen LogP contribution in [0.2, 0.25) is 0 Å². The molecule has 0 saturated carbocycles. The molecule has 0 saturated heterocycles. The second-order valence-electron chi connectivity index (χ2n) is 5.18. The third kappa shape index (κ3) is 3.46. The summed E-state index contributed by atoms with van der Waals surface area (Å²) in [5, 5.41) is 3.47. The lowest BCUT2D eigenvalue weighted by Crippen LogP contribution is -2.24. The first-order chi connectivity index (χ1) is 10.0. The Balaban J connectivity index is 1.68. The Kier molecular flexibility index (Phi) is 4.62. The highest BCUT2D eigenvalue weighted by atomic mass is 79.9. The van der Waals surface area contributed by atoms with Gasteiger partial charge in [0, 0.05) is 19.8 Å². The van der Waals surface area contributed by atoms with E-state index in [2.05, 4.69) is 78.2 Å². The molecule has 1 heterocycles. The van der Waals surface area contributed by atoms with E-state index in [0.717, 1.165) is 37.8 Å². The molecule has 0 fully saturated rings. The minimum Gasteiger partial charge on any atom is -0.488 e. The number of fused-ring (bicyclic) bond motifs is 1. The second kappa shape index (κ2) is 6.31. The molecule has 2 nitrogen and oxygen atoms in total. The van der Waals surface area contributed by atoms with E-state index < -0.39 is 0 Å². The van der Waals surface area contributed by atoms with Crippen molar-refractivity contribution in [1.82, 2.24) is 0 Å². The molecule has 3 rings (SSSR count). The van der Waals surface area contributed by atoms with Gasteiger partial charge in [-0.05, 0) is 80.2 Å². The summed E-state index contributed by atoms with van der Waals surface area (Å²) in [6.07, 6.45) is 1.09. The van der Waals surface area contributed by atoms with Gasteiger partial charge < -0.3 is 10.1 Å². The molecule has 0 aliphatic carbocycles. The second-order valence-corrected chi connectivity index (χ2v) is 7.80. The van der Waals surface area contributed by atoms with Crippen molar-refractivity contribution >= 4 is 53.5 Å². The summed E-state index contributed by atoms with van der Waals surface area (Å²) in [6, 6.07) is 10.4. The van der Waals surface area contributed by atoms with Crippen LogP contribution < -0.4 is 10.1 Å². The van der Waals surface area contributed by atoms with E-state index in [4.69, 9.17) is 4.74 Å². The van der Waals surface area contributed by atoms with E-state index >= 15 is 0 Å². The summed E-state index contributed by atoms with van der Waals surface area (Å²) < 4.78 is 9.20. The van der Waals surface area contributed by atoms with Crippen LogP contribution in [0.25, 0.3) is 0 Å². The number of aryl methyl sites for hydroxylation is 1. The smallest absolute Gasteiger partial charge is 0.123 e. The summed E-state index contributed by atoms with van der Waals surface area (Å²) in [4.78, 5) is 0. The van der Waals surface area contributed by atoms with Gasteiger partial charge in [0.05, 0.1) is 12.2 Å². The molecule has 0 bridgehead atoms. The number of ether oxygens (including phenoxy) is 1. The Bertz CT molecular complexity index is 664. The third-order valence-corrected chi connectivity index (χ3v) is 5.20. The van der Waals surface area contributed by atoms with Gasteiger partial charge in [-0.1, -0.05) is 15.9 Å². The standard InChI is InChI=1S/C16H14Br3NO/c1-9-4-13(18)16(14(19)5-9)20-8-12-7-10-6-11(17)2-3-15(10)21-12/h2-6,12,20H,7-8H2,1H3. The van der Waals surface area contributed by atoms with Gasteiger partial charge >= 0.3 is 0 Å². The number of hydrogen-bond donors (Lipinski definition) is 1. The molecule has 5 heteroatoms. The Morgan fingerprint density at radius 3 is 2.57 bits per heavy atom. The topological polar surface area (TPSA) is 21.3 Å². The van der Waals surface area contributed by atoms with Crippen molar-refractivity contribution in [3.8, 4) is 5.75 Å². The maximum absolute atomic E-state index is 5.97. The summed E-state index contributed by atoms with van der Waals surface area (Å²) in [7, 11) is 0. The van der Waals surface area contributed by atoms with Crippen molar-refractivity contribution in [2.45, 2.75) is 19.4 Å². The van der Waals surface area contributed by atoms with Crippen LogP contribution in [0.15, 0.2) is 43.7 Å². The first-order valence-electron chi connectivity index (χ1n) is 6.67. The summed E-state index contributed by atoms with van der Waals surface area (Å²) in [6.45, 7) is 2.85. The van der Waals surface area contributed by atoms with E-state index in [-0.39, 0.29) is 6.10 Å². The Morgan fingerprint density at radius 2 is 1.86 bits per heavy atom. The minimum atomic E-state index is 0.161. The monoisotopic (exact) mass is 473 g/mol. The molecule has 110 valence electrons. The van der Waals surface area contributed by atoms with Crippen molar-refractivity contribution in [3.63, 3.8) is 0 Å². The molecule has 0 amide bonds. The van der Waals surface area contributed by atoms with Gasteiger partial charge in [0.25, 0.3) is 0 Å². The Hall–Kier alpha value is -0.520. The van der Waals surface area contributed by atoms with Crippen LogP contribution in [-0.2, 0) is 6.42 Å². The van der Waals surface area contributed by atoms with Crippen LogP contribution in [0.1, 0.15) is 11.1 Å². The molecular weight excluding hydrogens is 462 g/mol. The van der Waals surface area contributed by atoms with Crippen LogP contribution in [0.5, 0.6) is 5.75 Å².